The van der Waals surface area contributed by atoms with Crippen molar-refractivity contribution in [1.82, 2.24) is 63.4 Å². The second kappa shape index (κ2) is 43.4. The Morgan fingerprint density at radius 1 is 0.621 bits per heavy atom. The van der Waals surface area contributed by atoms with Crippen LogP contribution in [0.4, 0.5) is 0 Å². The molecule has 4 rings (SSSR count). The number of nitrogens with two attached hydrogens (primary N) is 5. The van der Waals surface area contributed by atoms with Crippen LogP contribution in [0.2, 0.25) is 0 Å². The number of nitrogens with one attached hydrogen (secondary N) is 11. The number of carbonyl (C=O) groups is 13. The Morgan fingerprint density at radius 2 is 1.19 bits per heavy atom. The molecule has 570 valence electrons. The van der Waals surface area contributed by atoms with E-state index in [0.29, 0.717) is 11.1 Å². The number of carbonyl (C=O) groups excluding carboxylic acids is 13. The fourth-order valence-corrected chi connectivity index (χ4v) is 13.2. The number of nitrogens with zero attached hydrogens (tertiary/aromatic N) is 3. The average Bonchev–Trinajstić information content (AvgIpc) is 1.76. The third kappa shape index (κ3) is 29.4. The molecule has 13 atom stereocenters. The van der Waals surface area contributed by atoms with E-state index in [4.69, 9.17) is 28.7 Å². The number of fused-ring (bicyclic) bond motifs is 1. The summed E-state index contributed by atoms with van der Waals surface area (Å²) >= 11 is 0. The van der Waals surface area contributed by atoms with Gasteiger partial charge in [-0.1, -0.05) is 98.7 Å². The first-order chi connectivity index (χ1) is 48.7. The summed E-state index contributed by atoms with van der Waals surface area (Å²) in [6.07, 6.45) is -1.69. The molecule has 2 heterocycles. The molecule has 0 unspecified atom stereocenters. The van der Waals surface area contributed by atoms with E-state index < -0.39 is 181 Å². The van der Waals surface area contributed by atoms with Crippen LogP contribution in [-0.4, -0.2) is 238 Å². The molecule has 25 N–H and O–H groups in total. The Hall–Kier alpha value is -9.53. The third-order valence-corrected chi connectivity index (χ3v) is 19.0. The number of hydrogen-bond donors (Lipinski definition) is 20. The zero-order valence-electron chi connectivity index (χ0n) is 58.5. The monoisotopic (exact) mass is 1480 g/mol. The molecule has 2 saturated heterocycles. The number of aliphatic hydroxyl groups excluding tert-OH is 3. The van der Waals surface area contributed by atoms with Gasteiger partial charge in [-0.3, -0.25) is 72.3 Å². The minimum Gasteiger partial charge on any atom is -0.508 e. The Balaban J connectivity index is 1.81. The molecule has 0 saturated carbocycles. The first-order valence-corrected chi connectivity index (χ1v) is 36.2. The fraction of sp³-hybridized carbons (Fsp3) is 0.585. The molecular weight excluding hydrogens is 1380 g/mol. The highest BCUT2D eigenvalue weighted by molar-refractivity contribution is 8.76. The van der Waals surface area contributed by atoms with Crippen LogP contribution in [0.15, 0.2) is 64.6 Å². The van der Waals surface area contributed by atoms with Crippen LogP contribution in [0, 0.1) is 17.8 Å². The summed E-state index contributed by atoms with van der Waals surface area (Å²) in [4.78, 5) is 193. The average molecular weight is 1480 g/mol. The number of rotatable bonds is 25. The van der Waals surface area contributed by atoms with E-state index in [1.807, 2.05) is 0 Å². The van der Waals surface area contributed by atoms with Gasteiger partial charge in [-0.05, 0) is 87.0 Å². The van der Waals surface area contributed by atoms with Crippen LogP contribution in [0.5, 0.6) is 5.75 Å². The number of phenolic OH excluding ortho intramolecular Hbond substituents is 1. The summed E-state index contributed by atoms with van der Waals surface area (Å²) in [6, 6.07) is -2.80. The van der Waals surface area contributed by atoms with Crippen molar-refractivity contribution >= 4 is 110 Å². The van der Waals surface area contributed by atoms with Crippen LogP contribution in [0.3, 0.4) is 0 Å². The molecule has 103 heavy (non-hydrogen) atoms. The molecule has 36 nitrogen and oxygen atoms in total. The van der Waals surface area contributed by atoms with Crippen molar-refractivity contribution in [2.24, 2.45) is 56.4 Å². The lowest BCUT2D eigenvalue weighted by atomic mass is 10.0. The number of aromatic hydroxyl groups is 1. The van der Waals surface area contributed by atoms with E-state index in [-0.39, 0.29) is 113 Å². The number of amides is 13. The summed E-state index contributed by atoms with van der Waals surface area (Å²) in [5.74, 6) is -14.9. The van der Waals surface area contributed by atoms with Gasteiger partial charge in [0.05, 0.1) is 25.9 Å². The quantitative estimate of drug-likeness (QED) is 0.0190. The smallest absolute Gasteiger partial charge is 0.245 e. The highest BCUT2D eigenvalue weighted by Crippen LogP contribution is 2.26. The summed E-state index contributed by atoms with van der Waals surface area (Å²) in [5, 5.41) is 69.1. The van der Waals surface area contributed by atoms with Gasteiger partial charge in [-0.25, -0.2) is 0 Å². The molecule has 2 aromatic rings. The van der Waals surface area contributed by atoms with Gasteiger partial charge < -0.3 is 112 Å². The topological polar surface area (TPSA) is 593 Å². The molecular formula is C65H101N19O17S2. The Morgan fingerprint density at radius 3 is 1.78 bits per heavy atom. The van der Waals surface area contributed by atoms with E-state index in [2.05, 4.69) is 68.5 Å². The number of phenols is 1. The van der Waals surface area contributed by atoms with E-state index in [1.54, 1.807) is 58.0 Å². The highest BCUT2D eigenvalue weighted by Gasteiger charge is 2.41. The molecule has 0 aromatic heterocycles. The normalized spacial score (nSPS) is 23.2. The van der Waals surface area contributed by atoms with Gasteiger partial charge in [0.15, 0.2) is 11.9 Å². The first-order valence-electron chi connectivity index (χ1n) is 33.7. The SMILES string of the molecule is CC(C)C[C@@H]1NC(=O)[C@@H](C)CSSC[C@@H](C(=O)N[C@@H](Cc2ccccc2)C(=O)N[C@@H](CO)C(=O)N[C@H](C(N)=O)[C@@H](C)O)NC(=O)[C@H](C(C)C)NC(=O)[C@@H]2CCCN2C(=O)[C@H](CCCN=C(N)N)NC(=O)CNC(=O)[C@H](CCCN=C(N)N)NC(=O)[C@H](Cc2ccc(O)cc2)NC(=O)[C@H](CO)NC1=O. The van der Waals surface area contributed by atoms with Crippen LogP contribution >= 0.6 is 21.6 Å². The van der Waals surface area contributed by atoms with Gasteiger partial charge in [0.25, 0.3) is 0 Å². The highest BCUT2D eigenvalue weighted by atomic mass is 33.1. The van der Waals surface area contributed by atoms with Gasteiger partial charge in [-0.2, -0.15) is 0 Å². The van der Waals surface area contributed by atoms with Crippen LogP contribution in [-0.2, 0) is 75.2 Å². The molecule has 2 aromatic carbocycles. The minimum absolute atomic E-state index is 0.000834. The lowest BCUT2D eigenvalue weighted by Crippen LogP contribution is -2.62. The number of guanidine groups is 2. The molecule has 2 fully saturated rings. The standard InChI is InChI=1S/C65H101N19O17S2/c1-33(2)25-42-55(93)79-45(29-85)58(96)77-44(27-38-18-20-39(88)21-19-38)56(94)75-40(15-10-22-71-64(67)68)54(92)73-28-49(89)74-41(16-11-23-72-65(69)70)63(101)84-24-12-17-48(84)61(99)82-50(34(3)4)62(100)81-47(32-103-102-31-35(5)53(91)76-42)60(98)78-43(26-37-13-8-7-9-14-37)57(95)80-46(30-86)59(97)83-51(36(6)87)52(66)90/h7-9,13-14,18-21,33-36,40-48,50-51,85-88H,10-12,15-17,22-32H2,1-6H3,(H2,66,90)(H,73,92)(H,74,89)(H,75,94)(H,76,91)(H,77,96)(H,78,98)(H,79,93)(H,80,95)(H,81,100)(H,82,99)(H,83,97)(H4,67,68,71)(H4,69,70,72)/t35-,36+,40-,41-,42-,43-,44-,45-,46-,47-,48-,50-,51-/m0/s1. The number of aliphatic hydroxyl groups is 3. The lowest BCUT2D eigenvalue weighted by molar-refractivity contribution is -0.142. The van der Waals surface area contributed by atoms with E-state index in [0.717, 1.165) is 21.6 Å². The summed E-state index contributed by atoms with van der Waals surface area (Å²) in [6.45, 7) is 6.58. The molecule has 13 amide bonds. The van der Waals surface area contributed by atoms with Crippen molar-refractivity contribution in [3.63, 3.8) is 0 Å². The fourth-order valence-electron chi connectivity index (χ4n) is 10.7. The third-order valence-electron chi connectivity index (χ3n) is 16.4. The zero-order valence-corrected chi connectivity index (χ0v) is 60.2. The van der Waals surface area contributed by atoms with Crippen LogP contribution in [0.1, 0.15) is 97.6 Å². The molecule has 0 radical (unpaired) electrons. The van der Waals surface area contributed by atoms with Gasteiger partial charge in [0.1, 0.15) is 72.2 Å². The lowest BCUT2D eigenvalue weighted by Gasteiger charge is -2.31. The molecule has 2 aliphatic rings. The Kier molecular flexibility index (Phi) is 36.2. The van der Waals surface area contributed by atoms with E-state index in [9.17, 15) is 82.8 Å². The molecule has 0 aliphatic carbocycles. The second-order valence-corrected chi connectivity index (χ2v) is 28.3. The molecule has 2 aliphatic heterocycles. The van der Waals surface area contributed by atoms with Crippen molar-refractivity contribution < 1.29 is 82.8 Å². The van der Waals surface area contributed by atoms with Crippen molar-refractivity contribution in [2.45, 2.75) is 172 Å². The molecule has 0 bridgehead atoms. The molecule has 0 spiro atoms. The predicted octanol–water partition coefficient (Wildman–Crippen LogP) is -6.18. The summed E-state index contributed by atoms with van der Waals surface area (Å²) in [7, 11) is 2.07. The van der Waals surface area contributed by atoms with Gasteiger partial charge in [-0.15, -0.1) is 0 Å². The molecule has 38 heteroatoms. The van der Waals surface area contributed by atoms with Gasteiger partial charge in [0.2, 0.25) is 76.8 Å². The largest absolute Gasteiger partial charge is 0.508 e. The maximum atomic E-state index is 14.8. The number of primary amides is 1. The van der Waals surface area contributed by atoms with Crippen LogP contribution < -0.4 is 87.2 Å². The number of aliphatic imine (C=N–C) groups is 2. The van der Waals surface area contributed by atoms with Gasteiger partial charge >= 0.3 is 0 Å². The first kappa shape index (κ1) is 85.9. The van der Waals surface area contributed by atoms with Crippen molar-refractivity contribution in [2.75, 3.05) is 50.9 Å². The zero-order chi connectivity index (χ0) is 76.6. The number of hydrogen-bond acceptors (Lipinski definition) is 21. The van der Waals surface area contributed by atoms with Crippen LogP contribution in [0.25, 0.3) is 0 Å². The van der Waals surface area contributed by atoms with E-state index in [1.165, 1.54) is 43.0 Å². The minimum atomic E-state index is -1.76. The summed E-state index contributed by atoms with van der Waals surface area (Å²) in [5.41, 5.74) is 28.5. The van der Waals surface area contributed by atoms with Crippen molar-refractivity contribution in [3.8, 4) is 5.75 Å². The predicted molar refractivity (Wildman–Crippen MR) is 382 cm³/mol. The maximum absolute atomic E-state index is 14.8. The van der Waals surface area contributed by atoms with Crippen molar-refractivity contribution in [3.05, 3.63) is 65.7 Å². The second-order valence-electron chi connectivity index (χ2n) is 25.7. The number of benzene rings is 2. The Labute approximate surface area is 604 Å². The van der Waals surface area contributed by atoms with Crippen molar-refractivity contribution in [1.29, 1.82) is 0 Å². The van der Waals surface area contributed by atoms with E-state index >= 15 is 0 Å². The van der Waals surface area contributed by atoms with Gasteiger partial charge in [0, 0.05) is 49.9 Å². The summed E-state index contributed by atoms with van der Waals surface area (Å²) < 4.78 is 0. The Bertz CT molecular complexity index is 3290. The maximum Gasteiger partial charge on any atom is 0.245 e.